The van der Waals surface area contributed by atoms with Crippen LogP contribution in [0, 0.1) is 39.9 Å². The van der Waals surface area contributed by atoms with Gasteiger partial charge in [-0.25, -0.2) is 0 Å². The standard InChI is InChI=1S/C11H15N5O.C7H11NO.C7H9N.C6H10O.C4H6N4O.H2/c12-5-7-3-1-2-4-9(7)16-6-8(11(14)17)10(13)15-16;8-6-7(9)4-2-1-3-5-7;8-6-7-4-2-1-3-5-7;7-6-4-2-1-3-5-6;5-3-2(4(6)9)1-7-8-3;/h6-7,9H,1-4H2,(H2,13,15)(H2,14,17);9H,1-5H2;4H,1-3,5H2;1-5H2;1H,(H2,6,9)(H3,5,7,8);1H/t7-,9?;;;;;/m1...../s1/i;;;;;1+1. The Bertz CT molecular complexity index is 1550. The van der Waals surface area contributed by atoms with Crippen LogP contribution in [0.2, 0.25) is 0 Å². The van der Waals surface area contributed by atoms with Crippen molar-refractivity contribution in [3.8, 4) is 18.2 Å². The number of amides is 2. The highest BCUT2D eigenvalue weighted by Crippen LogP contribution is 2.33. The molecule has 15 nitrogen and oxygen atoms in total. The van der Waals surface area contributed by atoms with Gasteiger partial charge in [-0.05, 0) is 77.0 Å². The first-order valence-corrected chi connectivity index (χ1v) is 17.3. The highest BCUT2D eigenvalue weighted by Gasteiger charge is 2.29. The van der Waals surface area contributed by atoms with Gasteiger partial charge in [0.1, 0.15) is 22.7 Å². The van der Waals surface area contributed by atoms with Gasteiger partial charge in [0.2, 0.25) is 0 Å². The fourth-order valence-corrected chi connectivity index (χ4v) is 5.97. The van der Waals surface area contributed by atoms with Gasteiger partial charge < -0.3 is 28.0 Å². The highest BCUT2D eigenvalue weighted by atomic mass is 16.3. The molecule has 15 heteroatoms. The largest absolute Gasteiger partial charge is 0.383 e. The fraction of sp³-hybridized carbons (Fsp3) is 0.600. The van der Waals surface area contributed by atoms with Crippen LogP contribution in [0.25, 0.3) is 0 Å². The lowest BCUT2D eigenvalue weighted by Gasteiger charge is -2.26. The van der Waals surface area contributed by atoms with E-state index in [4.69, 9.17) is 38.7 Å². The van der Waals surface area contributed by atoms with E-state index < -0.39 is 17.4 Å². The summed E-state index contributed by atoms with van der Waals surface area (Å²) in [4.78, 5) is 31.9. The average Bonchev–Trinajstić information content (AvgIpc) is 3.76. The first-order valence-electron chi connectivity index (χ1n) is 17.3. The molecule has 2 amide bonds. The molecular formula is C35H53N11O4. The van der Waals surface area contributed by atoms with Crippen LogP contribution in [-0.2, 0) is 4.79 Å². The first kappa shape index (κ1) is 41.0. The number of ketones is 1. The van der Waals surface area contributed by atoms with Gasteiger partial charge in [-0.2, -0.15) is 26.0 Å². The maximum atomic E-state index is 11.1. The molecule has 2 aromatic heterocycles. The Kier molecular flexibility index (Phi) is 17.8. The molecule has 3 saturated carbocycles. The zero-order chi connectivity index (χ0) is 36.9. The Morgan fingerprint density at radius 1 is 0.900 bits per heavy atom. The first-order chi connectivity index (χ1) is 23.9. The molecule has 0 bridgehead atoms. The van der Waals surface area contributed by atoms with Gasteiger partial charge in [-0.1, -0.05) is 31.8 Å². The number of nitriles is 3. The highest BCUT2D eigenvalue weighted by molar-refractivity contribution is 5.97. The predicted octanol–water partition coefficient (Wildman–Crippen LogP) is 4.89. The lowest BCUT2D eigenvalue weighted by molar-refractivity contribution is -0.120. The summed E-state index contributed by atoms with van der Waals surface area (Å²) >= 11 is 0. The van der Waals surface area contributed by atoms with Gasteiger partial charge >= 0.3 is 0 Å². The molecule has 4 aliphatic carbocycles. The van der Waals surface area contributed by atoms with E-state index in [0.29, 0.717) is 18.6 Å². The number of carbonyl (C=O) groups is 3. The summed E-state index contributed by atoms with van der Waals surface area (Å²) in [5.41, 5.74) is 21.4. The van der Waals surface area contributed by atoms with Crippen molar-refractivity contribution >= 4 is 29.2 Å². The Balaban J connectivity index is 0.000000332. The van der Waals surface area contributed by atoms with E-state index in [1.165, 1.54) is 31.9 Å². The SMILES string of the molecule is N#CC1(O)CCCCC1.N#CC1=CCCCC1.N#C[C@H]1CCCCC1n1cc(C(N)=O)c(N)n1.NC(=O)c1cn[nH]c1N.O=C1CCCCC1.[2HH]. The number of aromatic amines is 1. The Morgan fingerprint density at radius 2 is 1.52 bits per heavy atom. The molecule has 0 aromatic carbocycles. The average molecular weight is 693 g/mol. The maximum absolute atomic E-state index is 11.1. The number of aromatic nitrogens is 4. The number of anilines is 2. The zero-order valence-corrected chi connectivity index (χ0v) is 28.8. The summed E-state index contributed by atoms with van der Waals surface area (Å²) in [5.74, 6) is -0.406. The molecular weight excluding hydrogens is 638 g/mol. The molecule has 2 heterocycles. The number of rotatable bonds is 3. The van der Waals surface area contributed by atoms with E-state index in [0.717, 1.165) is 82.6 Å². The van der Waals surface area contributed by atoms with Crippen LogP contribution < -0.4 is 22.9 Å². The lowest BCUT2D eigenvalue weighted by Crippen LogP contribution is -2.28. The number of hydrogen-bond donors (Lipinski definition) is 6. The third-order valence-corrected chi connectivity index (χ3v) is 8.93. The van der Waals surface area contributed by atoms with Crippen LogP contribution in [0.1, 0.15) is 144 Å². The van der Waals surface area contributed by atoms with E-state index in [2.05, 4.69) is 27.4 Å². The van der Waals surface area contributed by atoms with Crippen LogP contribution in [0.4, 0.5) is 11.6 Å². The van der Waals surface area contributed by atoms with Gasteiger partial charge in [0.25, 0.3) is 11.8 Å². The molecule has 3 fully saturated rings. The van der Waals surface area contributed by atoms with Crippen molar-refractivity contribution in [2.45, 2.75) is 127 Å². The predicted molar refractivity (Wildman–Crippen MR) is 189 cm³/mol. The van der Waals surface area contributed by atoms with E-state index >= 15 is 0 Å². The molecule has 10 N–H and O–H groups in total. The van der Waals surface area contributed by atoms with Crippen LogP contribution in [0.15, 0.2) is 24.0 Å². The number of H-pyrrole nitrogens is 1. The van der Waals surface area contributed by atoms with Crippen LogP contribution in [-0.4, -0.2) is 48.3 Å². The number of nitrogens with zero attached hydrogens (tertiary/aromatic N) is 6. The van der Waals surface area contributed by atoms with Crippen molar-refractivity contribution in [2.24, 2.45) is 17.4 Å². The van der Waals surface area contributed by atoms with Crippen LogP contribution >= 0.6 is 0 Å². The number of carbonyl (C=O) groups excluding carboxylic acids is 3. The molecule has 6 rings (SSSR count). The fourth-order valence-electron chi connectivity index (χ4n) is 5.97. The molecule has 272 valence electrons. The van der Waals surface area contributed by atoms with Crippen molar-refractivity contribution < 1.29 is 20.9 Å². The summed E-state index contributed by atoms with van der Waals surface area (Å²) in [7, 11) is 0. The normalized spacial score (nSPS) is 20.6. The quantitative estimate of drug-likeness (QED) is 0.235. The number of allylic oxidation sites excluding steroid dienone is 2. The molecule has 0 saturated heterocycles. The second kappa shape index (κ2) is 21.7. The smallest absolute Gasteiger partial charge is 0.254 e. The second-order valence-corrected chi connectivity index (χ2v) is 12.8. The summed E-state index contributed by atoms with van der Waals surface area (Å²) < 4.78 is 1.63. The minimum Gasteiger partial charge on any atom is -0.383 e. The third kappa shape index (κ3) is 14.1. The molecule has 0 aliphatic heterocycles. The monoisotopic (exact) mass is 692 g/mol. The summed E-state index contributed by atoms with van der Waals surface area (Å²) in [5, 5.41) is 45.2. The molecule has 0 radical (unpaired) electrons. The number of aliphatic hydroxyl groups is 1. The Hall–Kier alpha value is -5.20. The van der Waals surface area contributed by atoms with E-state index in [1.54, 1.807) is 10.9 Å². The molecule has 1 unspecified atom stereocenters. The van der Waals surface area contributed by atoms with Crippen LogP contribution in [0.5, 0.6) is 0 Å². The number of hydrogen-bond acceptors (Lipinski definition) is 11. The van der Waals surface area contributed by atoms with E-state index in [-0.39, 0.29) is 36.1 Å². The van der Waals surface area contributed by atoms with Crippen molar-refractivity contribution in [2.75, 3.05) is 11.5 Å². The minimum atomic E-state index is -0.974. The van der Waals surface area contributed by atoms with Gasteiger partial charge in [0.15, 0.2) is 11.4 Å². The molecule has 4 aliphatic rings. The van der Waals surface area contributed by atoms with E-state index in [1.807, 2.05) is 12.1 Å². The number of nitrogen functional groups attached to an aromatic ring is 2. The number of nitrogens with two attached hydrogens (primary N) is 4. The number of Topliss-reactive ketones (excluding diaryl/α,β-unsaturated/α-hetero) is 1. The number of nitrogens with one attached hydrogen (secondary N) is 1. The van der Waals surface area contributed by atoms with Crippen molar-refractivity contribution in [1.82, 2.24) is 20.0 Å². The Labute approximate surface area is 295 Å². The Morgan fingerprint density at radius 3 is 1.92 bits per heavy atom. The van der Waals surface area contributed by atoms with E-state index in [9.17, 15) is 19.5 Å². The summed E-state index contributed by atoms with van der Waals surface area (Å²) in [6.45, 7) is 0. The molecule has 0 spiro atoms. The van der Waals surface area contributed by atoms with Gasteiger partial charge in [0, 0.05) is 26.0 Å². The topological polar surface area (TPSA) is 293 Å². The van der Waals surface area contributed by atoms with Crippen LogP contribution in [0.3, 0.4) is 0 Å². The third-order valence-electron chi connectivity index (χ3n) is 8.93. The van der Waals surface area contributed by atoms with Gasteiger partial charge in [0.05, 0.1) is 36.4 Å². The summed E-state index contributed by atoms with van der Waals surface area (Å²) in [6.07, 6.45) is 23.1. The number of primary amides is 2. The van der Waals surface area contributed by atoms with Gasteiger partial charge in [-0.3, -0.25) is 24.2 Å². The summed E-state index contributed by atoms with van der Waals surface area (Å²) in [6, 6.07) is 6.40. The second-order valence-electron chi connectivity index (χ2n) is 12.8. The minimum absolute atomic E-state index is 0. The van der Waals surface area contributed by atoms with Crippen molar-refractivity contribution in [3.63, 3.8) is 0 Å². The molecule has 2 atom stereocenters. The van der Waals surface area contributed by atoms with Gasteiger partial charge in [-0.15, -0.1) is 0 Å². The zero-order valence-electron chi connectivity index (χ0n) is 28.8. The maximum Gasteiger partial charge on any atom is 0.254 e. The van der Waals surface area contributed by atoms with Crippen molar-refractivity contribution in [3.05, 3.63) is 35.2 Å². The lowest BCUT2D eigenvalue weighted by atomic mass is 9.85. The molecule has 2 aromatic rings. The molecule has 50 heavy (non-hydrogen) atoms. The van der Waals surface area contributed by atoms with Crippen molar-refractivity contribution in [1.29, 1.82) is 15.8 Å².